The molecule has 124 valence electrons. The van der Waals surface area contributed by atoms with Gasteiger partial charge in [-0.15, -0.1) is 0 Å². The van der Waals surface area contributed by atoms with Gasteiger partial charge in [-0.25, -0.2) is 0 Å². The van der Waals surface area contributed by atoms with E-state index in [4.69, 9.17) is 16.3 Å². The van der Waals surface area contributed by atoms with Crippen LogP contribution >= 0.6 is 11.6 Å². The van der Waals surface area contributed by atoms with Crippen molar-refractivity contribution >= 4 is 22.5 Å². The summed E-state index contributed by atoms with van der Waals surface area (Å²) in [5.74, 6) is 0.816. The highest BCUT2D eigenvalue weighted by molar-refractivity contribution is 6.33. The normalized spacial score (nSPS) is 14.4. The number of hydrogen-bond acceptors (Lipinski definition) is 2. The van der Waals surface area contributed by atoms with Gasteiger partial charge in [-0.2, -0.15) is 0 Å². The molecule has 1 N–H and O–H groups in total. The molecule has 1 aliphatic rings. The number of ether oxygens (including phenoxy) is 1. The molecule has 0 aliphatic carbocycles. The molecule has 3 nitrogen and oxygen atoms in total. The van der Waals surface area contributed by atoms with Gasteiger partial charge in [-0.1, -0.05) is 29.8 Å². The minimum atomic E-state index is 0.643. The van der Waals surface area contributed by atoms with Crippen LogP contribution < -0.4 is 10.1 Å². The van der Waals surface area contributed by atoms with Crippen molar-refractivity contribution in [1.82, 2.24) is 9.88 Å². The molecule has 1 aromatic heterocycles. The Morgan fingerprint density at radius 1 is 1.12 bits per heavy atom. The Morgan fingerprint density at radius 2 is 2.04 bits per heavy atom. The van der Waals surface area contributed by atoms with Crippen molar-refractivity contribution in [3.05, 3.63) is 53.2 Å². The summed E-state index contributed by atoms with van der Waals surface area (Å²) in [7, 11) is 0. The van der Waals surface area contributed by atoms with E-state index >= 15 is 0 Å². The summed E-state index contributed by atoms with van der Waals surface area (Å²) in [6.07, 6.45) is 1.06. The SMILES string of the molecule is CCOc1ccc(-c2cccc3cc4n(c23)CCNCC4)c(Cl)c1. The van der Waals surface area contributed by atoms with E-state index in [0.29, 0.717) is 6.61 Å². The summed E-state index contributed by atoms with van der Waals surface area (Å²) in [6, 6.07) is 14.8. The fourth-order valence-electron chi connectivity index (χ4n) is 3.56. The molecule has 0 spiro atoms. The van der Waals surface area contributed by atoms with E-state index in [2.05, 4.69) is 40.2 Å². The van der Waals surface area contributed by atoms with Crippen LogP contribution in [0.15, 0.2) is 42.5 Å². The van der Waals surface area contributed by atoms with Gasteiger partial charge in [0.1, 0.15) is 5.75 Å². The summed E-state index contributed by atoms with van der Waals surface area (Å²) in [5, 5.41) is 5.49. The number of hydrogen-bond donors (Lipinski definition) is 1. The zero-order valence-corrected chi connectivity index (χ0v) is 14.6. The molecule has 3 aromatic rings. The first-order valence-corrected chi connectivity index (χ1v) is 8.90. The Bertz CT molecular complexity index is 885. The number of benzene rings is 2. The average molecular weight is 341 g/mol. The van der Waals surface area contributed by atoms with Crippen molar-refractivity contribution in [2.75, 3.05) is 19.7 Å². The number of aromatic nitrogens is 1. The van der Waals surface area contributed by atoms with Gasteiger partial charge in [0.25, 0.3) is 0 Å². The standard InChI is InChI=1S/C20H21ClN2O/c1-2-24-16-6-7-17(19(21)13-16)18-5-3-4-14-12-15-8-9-22-10-11-23(15)20(14)18/h3-7,12-13,22H,2,8-11H2,1H3. The molecule has 1 aliphatic heterocycles. The van der Waals surface area contributed by atoms with Crippen molar-refractivity contribution in [3.63, 3.8) is 0 Å². The number of fused-ring (bicyclic) bond motifs is 3. The Balaban J connectivity index is 1.89. The van der Waals surface area contributed by atoms with E-state index in [1.807, 2.05) is 19.1 Å². The summed E-state index contributed by atoms with van der Waals surface area (Å²) < 4.78 is 8.00. The molecule has 0 unspecified atom stereocenters. The molecule has 2 heterocycles. The summed E-state index contributed by atoms with van der Waals surface area (Å²) in [4.78, 5) is 0. The van der Waals surface area contributed by atoms with Crippen molar-refractivity contribution in [2.45, 2.75) is 19.9 Å². The van der Waals surface area contributed by atoms with Gasteiger partial charge in [-0.3, -0.25) is 0 Å². The van der Waals surface area contributed by atoms with Crippen LogP contribution in [-0.2, 0) is 13.0 Å². The number of nitrogens with one attached hydrogen (secondary N) is 1. The average Bonchev–Trinajstić information content (AvgIpc) is 2.77. The van der Waals surface area contributed by atoms with Crippen LogP contribution in [-0.4, -0.2) is 24.3 Å². The minimum Gasteiger partial charge on any atom is -0.494 e. The van der Waals surface area contributed by atoms with Crippen molar-refractivity contribution < 1.29 is 4.74 Å². The number of para-hydroxylation sites is 1. The van der Waals surface area contributed by atoms with Gasteiger partial charge in [0.05, 0.1) is 17.1 Å². The Kier molecular flexibility index (Phi) is 4.21. The highest BCUT2D eigenvalue weighted by Gasteiger charge is 2.16. The summed E-state index contributed by atoms with van der Waals surface area (Å²) in [6.45, 7) is 5.65. The second kappa shape index (κ2) is 6.50. The largest absolute Gasteiger partial charge is 0.494 e. The van der Waals surface area contributed by atoms with Crippen molar-refractivity contribution in [3.8, 4) is 16.9 Å². The Hall–Kier alpha value is -1.97. The maximum Gasteiger partial charge on any atom is 0.120 e. The lowest BCUT2D eigenvalue weighted by atomic mass is 10.0. The molecule has 0 bridgehead atoms. The quantitative estimate of drug-likeness (QED) is 0.759. The van der Waals surface area contributed by atoms with Gasteiger partial charge in [0, 0.05) is 48.3 Å². The highest BCUT2D eigenvalue weighted by Crippen LogP contribution is 2.37. The fourth-order valence-corrected chi connectivity index (χ4v) is 3.84. The monoisotopic (exact) mass is 340 g/mol. The molecule has 4 rings (SSSR count). The second-order valence-corrected chi connectivity index (χ2v) is 6.51. The minimum absolute atomic E-state index is 0.643. The van der Waals surface area contributed by atoms with E-state index in [1.54, 1.807) is 0 Å². The number of nitrogens with zero attached hydrogens (tertiary/aromatic N) is 1. The van der Waals surface area contributed by atoms with E-state index in [1.165, 1.54) is 22.2 Å². The fraction of sp³-hybridized carbons (Fsp3) is 0.300. The molecule has 0 saturated heterocycles. The topological polar surface area (TPSA) is 26.2 Å². The predicted molar refractivity (Wildman–Crippen MR) is 100 cm³/mol. The van der Waals surface area contributed by atoms with Crippen molar-refractivity contribution in [2.24, 2.45) is 0 Å². The zero-order valence-electron chi connectivity index (χ0n) is 13.8. The van der Waals surface area contributed by atoms with Crippen LogP contribution in [0, 0.1) is 0 Å². The third kappa shape index (κ3) is 2.68. The van der Waals surface area contributed by atoms with E-state index in [-0.39, 0.29) is 0 Å². The molecule has 0 fully saturated rings. The molecule has 2 aromatic carbocycles. The lowest BCUT2D eigenvalue weighted by Crippen LogP contribution is -2.17. The van der Waals surface area contributed by atoms with Crippen molar-refractivity contribution in [1.29, 1.82) is 0 Å². The maximum absolute atomic E-state index is 6.58. The Labute approximate surface area is 147 Å². The van der Waals surface area contributed by atoms with Crippen LogP contribution in [0.1, 0.15) is 12.6 Å². The van der Waals surface area contributed by atoms with E-state index in [0.717, 1.165) is 42.4 Å². The molecule has 0 atom stereocenters. The summed E-state index contributed by atoms with van der Waals surface area (Å²) >= 11 is 6.58. The molecular formula is C20H21ClN2O. The van der Waals surface area contributed by atoms with Crippen LogP contribution in [0.2, 0.25) is 5.02 Å². The van der Waals surface area contributed by atoms with Crippen LogP contribution in [0.4, 0.5) is 0 Å². The van der Waals surface area contributed by atoms with Gasteiger partial charge in [0.2, 0.25) is 0 Å². The number of rotatable bonds is 3. The molecule has 0 radical (unpaired) electrons. The third-order valence-corrected chi connectivity index (χ3v) is 4.93. The predicted octanol–water partition coefficient (Wildman–Crippen LogP) is 4.51. The van der Waals surface area contributed by atoms with Gasteiger partial charge >= 0.3 is 0 Å². The zero-order chi connectivity index (χ0) is 16.5. The summed E-state index contributed by atoms with van der Waals surface area (Å²) in [5.41, 5.74) is 4.92. The lowest BCUT2D eigenvalue weighted by Gasteiger charge is -2.13. The smallest absolute Gasteiger partial charge is 0.120 e. The van der Waals surface area contributed by atoms with Gasteiger partial charge in [0.15, 0.2) is 0 Å². The lowest BCUT2D eigenvalue weighted by molar-refractivity contribution is 0.340. The van der Waals surface area contributed by atoms with Crippen LogP contribution in [0.3, 0.4) is 0 Å². The first-order chi connectivity index (χ1) is 11.8. The molecule has 24 heavy (non-hydrogen) atoms. The molecule has 0 amide bonds. The first-order valence-electron chi connectivity index (χ1n) is 8.52. The third-order valence-electron chi connectivity index (χ3n) is 4.62. The van der Waals surface area contributed by atoms with Gasteiger partial charge < -0.3 is 14.6 Å². The van der Waals surface area contributed by atoms with Crippen LogP contribution in [0.25, 0.3) is 22.0 Å². The molecular weight excluding hydrogens is 320 g/mol. The Morgan fingerprint density at radius 3 is 2.88 bits per heavy atom. The van der Waals surface area contributed by atoms with E-state index < -0.39 is 0 Å². The molecule has 0 saturated carbocycles. The maximum atomic E-state index is 6.58. The highest BCUT2D eigenvalue weighted by atomic mass is 35.5. The van der Waals surface area contributed by atoms with Gasteiger partial charge in [-0.05, 0) is 31.2 Å². The molecule has 4 heteroatoms. The van der Waals surface area contributed by atoms with Crippen LogP contribution in [0.5, 0.6) is 5.75 Å². The van der Waals surface area contributed by atoms with E-state index in [9.17, 15) is 0 Å². The first kappa shape index (κ1) is 15.6. The number of halogens is 1. The second-order valence-electron chi connectivity index (χ2n) is 6.11.